The number of benzene rings is 2. The van der Waals surface area contributed by atoms with Gasteiger partial charge >= 0.3 is 11.5 Å². The normalized spacial score (nSPS) is 12.4. The van der Waals surface area contributed by atoms with Crippen LogP contribution in [0, 0.1) is 13.8 Å². The lowest BCUT2D eigenvalue weighted by Crippen LogP contribution is -2.30. The highest BCUT2D eigenvalue weighted by Gasteiger charge is 2.29. The van der Waals surface area contributed by atoms with E-state index in [1.807, 2.05) is 32.0 Å². The van der Waals surface area contributed by atoms with Gasteiger partial charge in [0.15, 0.2) is 6.10 Å². The summed E-state index contributed by atoms with van der Waals surface area (Å²) in [5.74, 6) is -1.28. The third-order valence-corrected chi connectivity index (χ3v) is 4.45. The molecule has 0 saturated carbocycles. The van der Waals surface area contributed by atoms with Crippen LogP contribution in [0.5, 0.6) is 0 Å². The molecule has 1 N–H and O–H groups in total. The molecule has 0 spiro atoms. The van der Waals surface area contributed by atoms with Gasteiger partial charge in [-0.2, -0.15) is 13.2 Å². The molecule has 0 bridgehead atoms. The van der Waals surface area contributed by atoms with Gasteiger partial charge < -0.3 is 10.1 Å². The van der Waals surface area contributed by atoms with Gasteiger partial charge in [0, 0.05) is 10.6 Å². The number of anilines is 1. The van der Waals surface area contributed by atoms with Gasteiger partial charge in [-0.3, -0.25) is 4.79 Å². The molecular weight excluding hydrogens is 379 g/mol. The lowest BCUT2D eigenvalue weighted by atomic mass is 10.1. The van der Waals surface area contributed by atoms with Gasteiger partial charge in [-0.05, 0) is 67.9 Å². The van der Waals surface area contributed by atoms with Crippen molar-refractivity contribution in [2.24, 2.45) is 0 Å². The van der Waals surface area contributed by atoms with Crippen molar-refractivity contribution in [3.8, 4) is 0 Å². The number of carbonyl (C=O) groups is 2. The van der Waals surface area contributed by atoms with E-state index < -0.39 is 23.5 Å². The summed E-state index contributed by atoms with van der Waals surface area (Å²) < 4.78 is 42.1. The fourth-order valence-electron chi connectivity index (χ4n) is 2.31. The molecule has 2 aromatic rings. The molecule has 27 heavy (non-hydrogen) atoms. The minimum absolute atomic E-state index is 0.0418. The van der Waals surface area contributed by atoms with Crippen LogP contribution < -0.4 is 5.32 Å². The molecule has 0 aliphatic rings. The molecule has 0 radical (unpaired) electrons. The molecule has 8 heteroatoms. The first-order valence-electron chi connectivity index (χ1n) is 8.00. The van der Waals surface area contributed by atoms with Crippen LogP contribution >= 0.6 is 11.8 Å². The van der Waals surface area contributed by atoms with Gasteiger partial charge in [-0.1, -0.05) is 18.2 Å². The number of amides is 1. The van der Waals surface area contributed by atoms with E-state index in [1.165, 1.54) is 31.2 Å². The number of nitrogens with one attached hydrogen (secondary N) is 1. The van der Waals surface area contributed by atoms with Crippen molar-refractivity contribution in [1.29, 1.82) is 0 Å². The van der Waals surface area contributed by atoms with Crippen LogP contribution in [0.2, 0.25) is 0 Å². The quantitative estimate of drug-likeness (QED) is 0.563. The van der Waals surface area contributed by atoms with Crippen LogP contribution in [0.4, 0.5) is 18.9 Å². The SMILES string of the molecule is Cc1cccc(C)c1NC(=O)[C@@H](C)OC(=O)c1ccc(SC(F)(F)F)cc1. The number of esters is 1. The molecule has 0 aliphatic heterocycles. The zero-order valence-electron chi connectivity index (χ0n) is 14.9. The first kappa shape index (κ1) is 20.8. The fourth-order valence-corrected chi connectivity index (χ4v) is 2.85. The molecule has 0 aromatic heterocycles. The summed E-state index contributed by atoms with van der Waals surface area (Å²) in [6.07, 6.45) is -1.07. The molecule has 1 atom stereocenters. The number of hydrogen-bond acceptors (Lipinski definition) is 4. The number of alkyl halides is 3. The van der Waals surface area contributed by atoms with Gasteiger partial charge in [-0.25, -0.2) is 4.79 Å². The molecule has 0 saturated heterocycles. The summed E-state index contributed by atoms with van der Waals surface area (Å²) in [6.45, 7) is 5.12. The van der Waals surface area contributed by atoms with Crippen molar-refractivity contribution >= 4 is 29.3 Å². The molecule has 0 unspecified atom stereocenters. The van der Waals surface area contributed by atoms with Crippen molar-refractivity contribution in [1.82, 2.24) is 0 Å². The molecular formula is C19H18F3NO3S. The lowest BCUT2D eigenvalue weighted by molar-refractivity contribution is -0.123. The Morgan fingerprint density at radius 2 is 1.59 bits per heavy atom. The minimum atomic E-state index is -4.40. The van der Waals surface area contributed by atoms with E-state index in [-0.39, 0.29) is 22.2 Å². The monoisotopic (exact) mass is 397 g/mol. The van der Waals surface area contributed by atoms with E-state index in [2.05, 4.69) is 5.32 Å². The van der Waals surface area contributed by atoms with E-state index in [9.17, 15) is 22.8 Å². The molecule has 0 aliphatic carbocycles. The number of carbonyl (C=O) groups excluding carboxylic acids is 2. The van der Waals surface area contributed by atoms with Gasteiger partial charge in [0.05, 0.1) is 5.56 Å². The molecule has 0 heterocycles. The second-order valence-electron chi connectivity index (χ2n) is 5.88. The average Bonchev–Trinajstić information content (AvgIpc) is 2.57. The average molecular weight is 397 g/mol. The van der Waals surface area contributed by atoms with Crippen molar-refractivity contribution < 1.29 is 27.5 Å². The Kier molecular flexibility index (Phi) is 6.54. The second kappa shape index (κ2) is 8.47. The second-order valence-corrected chi connectivity index (χ2v) is 7.01. The van der Waals surface area contributed by atoms with Crippen LogP contribution in [0.1, 0.15) is 28.4 Å². The Morgan fingerprint density at radius 1 is 1.04 bits per heavy atom. The van der Waals surface area contributed by atoms with Crippen LogP contribution in [0.25, 0.3) is 0 Å². The standard InChI is InChI=1S/C19H18F3NO3S/c1-11-5-4-6-12(2)16(11)23-17(24)13(3)26-18(25)14-7-9-15(10-8-14)27-19(20,21)22/h4-10,13H,1-3H3,(H,23,24)/t13-/m1/s1. The molecule has 0 fully saturated rings. The van der Waals surface area contributed by atoms with E-state index in [4.69, 9.17) is 4.74 Å². The van der Waals surface area contributed by atoms with Gasteiger partial charge in [0.25, 0.3) is 5.91 Å². The van der Waals surface area contributed by atoms with Crippen molar-refractivity contribution in [3.05, 3.63) is 59.2 Å². The van der Waals surface area contributed by atoms with Gasteiger partial charge in [0.1, 0.15) is 0 Å². The number of aryl methyl sites for hydroxylation is 2. The Labute approximate surface area is 159 Å². The summed E-state index contributed by atoms with van der Waals surface area (Å²) in [5.41, 5.74) is -1.94. The predicted molar refractivity (Wildman–Crippen MR) is 97.8 cm³/mol. The maximum atomic E-state index is 12.3. The van der Waals surface area contributed by atoms with Crippen LogP contribution in [0.15, 0.2) is 47.4 Å². The molecule has 4 nitrogen and oxygen atoms in total. The van der Waals surface area contributed by atoms with E-state index in [0.29, 0.717) is 5.69 Å². The first-order chi connectivity index (χ1) is 12.6. The highest BCUT2D eigenvalue weighted by atomic mass is 32.2. The Hall–Kier alpha value is -2.48. The topological polar surface area (TPSA) is 55.4 Å². The fraction of sp³-hybridized carbons (Fsp3) is 0.263. The Balaban J connectivity index is 1.99. The third kappa shape index (κ3) is 6.02. The highest BCUT2D eigenvalue weighted by molar-refractivity contribution is 8.00. The number of para-hydroxylation sites is 1. The summed E-state index contributed by atoms with van der Waals surface area (Å²) in [5, 5.41) is 2.73. The number of thioether (sulfide) groups is 1. The van der Waals surface area contributed by atoms with Crippen molar-refractivity contribution in [3.63, 3.8) is 0 Å². The highest BCUT2D eigenvalue weighted by Crippen LogP contribution is 2.36. The number of hydrogen-bond donors (Lipinski definition) is 1. The molecule has 144 valence electrons. The van der Waals surface area contributed by atoms with Crippen LogP contribution in [-0.2, 0) is 9.53 Å². The van der Waals surface area contributed by atoms with Crippen molar-refractivity contribution in [2.75, 3.05) is 5.32 Å². The summed E-state index contributed by atoms with van der Waals surface area (Å²) in [4.78, 5) is 24.3. The molecule has 2 rings (SSSR count). The van der Waals surface area contributed by atoms with Crippen molar-refractivity contribution in [2.45, 2.75) is 37.3 Å². The third-order valence-electron chi connectivity index (χ3n) is 3.71. The molecule has 1 amide bonds. The van der Waals surface area contributed by atoms with Crippen LogP contribution in [0.3, 0.4) is 0 Å². The number of ether oxygens (including phenoxy) is 1. The molecule has 2 aromatic carbocycles. The maximum Gasteiger partial charge on any atom is 0.446 e. The number of rotatable bonds is 5. The zero-order valence-corrected chi connectivity index (χ0v) is 15.7. The zero-order chi connectivity index (χ0) is 20.2. The van der Waals surface area contributed by atoms with E-state index in [1.54, 1.807) is 0 Å². The maximum absolute atomic E-state index is 12.3. The lowest BCUT2D eigenvalue weighted by Gasteiger charge is -2.16. The predicted octanol–water partition coefficient (Wildman–Crippen LogP) is 5.10. The van der Waals surface area contributed by atoms with Gasteiger partial charge in [0.2, 0.25) is 0 Å². The summed E-state index contributed by atoms with van der Waals surface area (Å²) in [6, 6.07) is 10.4. The van der Waals surface area contributed by atoms with E-state index >= 15 is 0 Å². The van der Waals surface area contributed by atoms with Gasteiger partial charge in [-0.15, -0.1) is 0 Å². The Morgan fingerprint density at radius 3 is 2.11 bits per heavy atom. The van der Waals surface area contributed by atoms with E-state index in [0.717, 1.165) is 11.1 Å². The number of halogens is 3. The smallest absolute Gasteiger partial charge is 0.446 e. The minimum Gasteiger partial charge on any atom is -0.449 e. The first-order valence-corrected chi connectivity index (χ1v) is 8.82. The van der Waals surface area contributed by atoms with Crippen LogP contribution in [-0.4, -0.2) is 23.5 Å². The Bertz CT molecular complexity index is 815. The largest absolute Gasteiger partial charge is 0.449 e. The summed E-state index contributed by atoms with van der Waals surface area (Å²) in [7, 11) is 0. The summed E-state index contributed by atoms with van der Waals surface area (Å²) >= 11 is -0.272.